The van der Waals surface area contributed by atoms with Gasteiger partial charge < -0.3 is 10.4 Å². The second kappa shape index (κ2) is 5.40. The van der Waals surface area contributed by atoms with Crippen molar-refractivity contribution < 1.29 is 14.8 Å². The maximum atomic E-state index is 11.7. The van der Waals surface area contributed by atoms with Crippen LogP contribution in [-0.4, -0.2) is 28.6 Å². The first kappa shape index (κ1) is 13.1. The largest absolute Gasteiger partial charge is 0.394 e. The second-order valence-corrected chi connectivity index (χ2v) is 3.81. The molecule has 6 nitrogen and oxygen atoms in total. The van der Waals surface area contributed by atoms with Gasteiger partial charge in [-0.25, -0.2) is 0 Å². The first-order valence-corrected chi connectivity index (χ1v) is 5.12. The number of hydrogen-bond acceptors (Lipinski definition) is 4. The van der Waals surface area contributed by atoms with Gasteiger partial charge in [-0.1, -0.05) is 0 Å². The Labute approximate surface area is 98.4 Å². The van der Waals surface area contributed by atoms with Gasteiger partial charge in [-0.3, -0.25) is 14.9 Å². The number of nitro benzene ring substituents is 1. The molecule has 6 heteroatoms. The normalized spacial score (nSPS) is 11.9. The molecule has 1 aromatic rings. The van der Waals surface area contributed by atoms with Gasteiger partial charge in [0.25, 0.3) is 11.6 Å². The van der Waals surface area contributed by atoms with Gasteiger partial charge in [-0.15, -0.1) is 0 Å². The molecule has 1 aromatic carbocycles. The Morgan fingerprint density at radius 2 is 2.24 bits per heavy atom. The van der Waals surface area contributed by atoms with Crippen LogP contribution in [0.1, 0.15) is 22.8 Å². The van der Waals surface area contributed by atoms with Crippen LogP contribution >= 0.6 is 0 Å². The van der Waals surface area contributed by atoms with Gasteiger partial charge in [0.1, 0.15) is 0 Å². The summed E-state index contributed by atoms with van der Waals surface area (Å²) in [6.07, 6.45) is 0. The Balaban J connectivity index is 2.92. The third-order valence-electron chi connectivity index (χ3n) is 2.32. The van der Waals surface area contributed by atoms with Gasteiger partial charge in [-0.05, 0) is 25.5 Å². The lowest BCUT2D eigenvalue weighted by Crippen LogP contribution is -2.35. The molecule has 1 amide bonds. The molecule has 0 fully saturated rings. The van der Waals surface area contributed by atoms with E-state index in [-0.39, 0.29) is 24.2 Å². The van der Waals surface area contributed by atoms with Crippen LogP contribution in [0.15, 0.2) is 18.2 Å². The number of benzene rings is 1. The number of carbonyl (C=O) groups is 1. The van der Waals surface area contributed by atoms with E-state index in [0.717, 1.165) is 0 Å². The topological polar surface area (TPSA) is 92.5 Å². The number of rotatable bonds is 4. The summed E-state index contributed by atoms with van der Waals surface area (Å²) in [6, 6.07) is 3.69. The standard InChI is InChI=1S/C11H14N2O4/c1-7-5-9(13(16)17)3-4-10(7)11(15)12-8(2)6-14/h3-5,8,14H,6H2,1-2H3,(H,12,15)/t8-/m0/s1. The number of non-ortho nitro benzene ring substituents is 1. The van der Waals surface area contributed by atoms with Crippen molar-refractivity contribution in [3.63, 3.8) is 0 Å². The van der Waals surface area contributed by atoms with Crippen molar-refractivity contribution in [1.29, 1.82) is 0 Å². The summed E-state index contributed by atoms with van der Waals surface area (Å²) in [5, 5.41) is 21.9. The lowest BCUT2D eigenvalue weighted by atomic mass is 10.1. The molecule has 1 rings (SSSR count). The van der Waals surface area contributed by atoms with Gasteiger partial charge in [0.05, 0.1) is 11.5 Å². The SMILES string of the molecule is Cc1cc([N+](=O)[O-])ccc1C(=O)N[C@@H](C)CO. The Hall–Kier alpha value is -1.95. The summed E-state index contributed by atoms with van der Waals surface area (Å²) in [4.78, 5) is 21.7. The molecule has 0 aromatic heterocycles. The van der Waals surface area contributed by atoms with Gasteiger partial charge >= 0.3 is 0 Å². The van der Waals surface area contributed by atoms with E-state index in [1.807, 2.05) is 0 Å². The highest BCUT2D eigenvalue weighted by atomic mass is 16.6. The van der Waals surface area contributed by atoms with Crippen LogP contribution in [0.5, 0.6) is 0 Å². The fourth-order valence-electron chi connectivity index (χ4n) is 1.36. The predicted molar refractivity (Wildman–Crippen MR) is 61.8 cm³/mol. The molecule has 0 aliphatic heterocycles. The summed E-state index contributed by atoms with van der Waals surface area (Å²) >= 11 is 0. The lowest BCUT2D eigenvalue weighted by molar-refractivity contribution is -0.384. The van der Waals surface area contributed by atoms with E-state index in [4.69, 9.17) is 5.11 Å². The number of nitrogens with zero attached hydrogens (tertiary/aromatic N) is 1. The molecule has 0 aliphatic rings. The van der Waals surface area contributed by atoms with E-state index in [9.17, 15) is 14.9 Å². The van der Waals surface area contributed by atoms with E-state index in [2.05, 4.69) is 5.32 Å². The Kier molecular flexibility index (Phi) is 4.17. The number of aryl methyl sites for hydroxylation is 1. The monoisotopic (exact) mass is 238 g/mol. The van der Waals surface area contributed by atoms with Crippen LogP contribution in [0.4, 0.5) is 5.69 Å². The Bertz CT molecular complexity index is 445. The van der Waals surface area contributed by atoms with Gasteiger partial charge in [0.2, 0.25) is 0 Å². The molecule has 2 N–H and O–H groups in total. The summed E-state index contributed by atoms with van der Waals surface area (Å²) in [6.45, 7) is 3.14. The smallest absolute Gasteiger partial charge is 0.269 e. The highest BCUT2D eigenvalue weighted by Crippen LogP contribution is 2.17. The highest BCUT2D eigenvalue weighted by molar-refractivity contribution is 5.96. The van der Waals surface area contributed by atoms with Crippen molar-refractivity contribution in [2.45, 2.75) is 19.9 Å². The van der Waals surface area contributed by atoms with Crippen LogP contribution in [0.2, 0.25) is 0 Å². The van der Waals surface area contributed by atoms with E-state index >= 15 is 0 Å². The van der Waals surface area contributed by atoms with Crippen molar-refractivity contribution in [3.8, 4) is 0 Å². The van der Waals surface area contributed by atoms with Crippen molar-refractivity contribution in [3.05, 3.63) is 39.4 Å². The van der Waals surface area contributed by atoms with Crippen molar-refractivity contribution >= 4 is 11.6 Å². The molecule has 0 heterocycles. The van der Waals surface area contributed by atoms with E-state index in [1.165, 1.54) is 18.2 Å². The molecule has 0 saturated carbocycles. The minimum Gasteiger partial charge on any atom is -0.394 e. The number of nitro groups is 1. The molecule has 0 radical (unpaired) electrons. The number of aliphatic hydroxyl groups excluding tert-OH is 1. The quantitative estimate of drug-likeness (QED) is 0.605. The number of carbonyl (C=O) groups excluding carboxylic acids is 1. The number of aliphatic hydroxyl groups is 1. The molecule has 0 saturated heterocycles. The summed E-state index contributed by atoms with van der Waals surface area (Å²) in [7, 11) is 0. The van der Waals surface area contributed by atoms with Crippen molar-refractivity contribution in [1.82, 2.24) is 5.32 Å². The number of amides is 1. The minimum atomic E-state index is -0.509. The maximum Gasteiger partial charge on any atom is 0.269 e. The van der Waals surface area contributed by atoms with E-state index in [0.29, 0.717) is 11.1 Å². The average Bonchev–Trinajstić information content (AvgIpc) is 2.28. The van der Waals surface area contributed by atoms with Crippen molar-refractivity contribution in [2.75, 3.05) is 6.61 Å². The third-order valence-corrected chi connectivity index (χ3v) is 2.32. The second-order valence-electron chi connectivity index (χ2n) is 3.81. The van der Waals surface area contributed by atoms with Gasteiger partial charge in [-0.2, -0.15) is 0 Å². The van der Waals surface area contributed by atoms with Crippen LogP contribution in [-0.2, 0) is 0 Å². The first-order valence-electron chi connectivity index (χ1n) is 5.12. The molecule has 1 atom stereocenters. The molecule has 0 aliphatic carbocycles. The van der Waals surface area contributed by atoms with Crippen LogP contribution in [0, 0.1) is 17.0 Å². The predicted octanol–water partition coefficient (Wildman–Crippen LogP) is 1.01. The number of hydrogen-bond donors (Lipinski definition) is 2. The fourth-order valence-corrected chi connectivity index (χ4v) is 1.36. The summed E-state index contributed by atoms with van der Waals surface area (Å²) in [5.74, 6) is -0.348. The van der Waals surface area contributed by atoms with Crippen molar-refractivity contribution in [2.24, 2.45) is 0 Å². The summed E-state index contributed by atoms with van der Waals surface area (Å²) < 4.78 is 0. The minimum absolute atomic E-state index is 0.0470. The zero-order valence-corrected chi connectivity index (χ0v) is 9.64. The molecule has 0 bridgehead atoms. The first-order chi connectivity index (χ1) is 7.95. The van der Waals surface area contributed by atoms with Gasteiger partial charge in [0, 0.05) is 23.7 Å². The van der Waals surface area contributed by atoms with Crippen LogP contribution in [0.25, 0.3) is 0 Å². The maximum absolute atomic E-state index is 11.7. The van der Waals surface area contributed by atoms with E-state index < -0.39 is 4.92 Å². The molecule has 92 valence electrons. The Morgan fingerprint density at radius 3 is 2.71 bits per heavy atom. The molecular weight excluding hydrogens is 224 g/mol. The molecular formula is C11H14N2O4. The zero-order chi connectivity index (χ0) is 13.0. The Morgan fingerprint density at radius 1 is 1.59 bits per heavy atom. The van der Waals surface area contributed by atoms with Crippen LogP contribution in [0.3, 0.4) is 0 Å². The van der Waals surface area contributed by atoms with E-state index in [1.54, 1.807) is 13.8 Å². The van der Waals surface area contributed by atoms with Gasteiger partial charge in [0.15, 0.2) is 0 Å². The zero-order valence-electron chi connectivity index (χ0n) is 9.64. The summed E-state index contributed by atoms with van der Waals surface area (Å²) in [5.41, 5.74) is 0.854. The molecule has 17 heavy (non-hydrogen) atoms. The third kappa shape index (κ3) is 3.25. The number of nitrogens with one attached hydrogen (secondary N) is 1. The molecule has 0 unspecified atom stereocenters. The van der Waals surface area contributed by atoms with Crippen LogP contribution < -0.4 is 5.32 Å². The average molecular weight is 238 g/mol. The fraction of sp³-hybridized carbons (Fsp3) is 0.364. The lowest BCUT2D eigenvalue weighted by Gasteiger charge is -2.11. The molecule has 0 spiro atoms. The highest BCUT2D eigenvalue weighted by Gasteiger charge is 2.14.